The first kappa shape index (κ1) is 21.3. The van der Waals surface area contributed by atoms with E-state index in [4.69, 9.17) is 9.47 Å². The van der Waals surface area contributed by atoms with Crippen molar-refractivity contribution in [2.45, 2.75) is 44.3 Å². The lowest BCUT2D eigenvalue weighted by Gasteiger charge is -2.44. The molecule has 4 aliphatic rings. The van der Waals surface area contributed by atoms with Crippen molar-refractivity contribution < 1.29 is 24.2 Å². The third kappa shape index (κ3) is 3.01. The van der Waals surface area contributed by atoms with E-state index in [0.717, 1.165) is 17.4 Å². The van der Waals surface area contributed by atoms with E-state index in [2.05, 4.69) is 48.3 Å². The summed E-state index contributed by atoms with van der Waals surface area (Å²) in [6.45, 7) is 2.27. The zero-order chi connectivity index (χ0) is 23.6. The summed E-state index contributed by atoms with van der Waals surface area (Å²) >= 11 is 0. The van der Waals surface area contributed by atoms with Crippen LogP contribution in [0.25, 0.3) is 10.8 Å². The minimum absolute atomic E-state index is 0.00324. The Morgan fingerprint density at radius 1 is 1.26 bits per heavy atom. The van der Waals surface area contributed by atoms with Gasteiger partial charge in [-0.2, -0.15) is 0 Å². The van der Waals surface area contributed by atoms with Crippen molar-refractivity contribution in [3.63, 3.8) is 0 Å². The SMILES string of the molecule is CO[C@@H]1C[C@H]2[C@@H]3OC4=C(C=C3C=C[C@]2(C)[C@H]1c1cccc2cnccc12)C(=O)CC(C(=O)O)C4. The largest absolute Gasteiger partial charge is 0.489 e. The Labute approximate surface area is 198 Å². The number of ketones is 1. The zero-order valence-electron chi connectivity index (χ0n) is 19.2. The smallest absolute Gasteiger partial charge is 0.307 e. The molecule has 0 saturated heterocycles. The monoisotopic (exact) mass is 457 g/mol. The summed E-state index contributed by atoms with van der Waals surface area (Å²) in [4.78, 5) is 28.6. The third-order valence-corrected chi connectivity index (χ3v) is 8.40. The van der Waals surface area contributed by atoms with Gasteiger partial charge in [0, 0.05) is 55.0 Å². The number of carboxylic acid groups (broad SMARTS) is 1. The molecular formula is C28H27NO5. The highest BCUT2D eigenvalue weighted by atomic mass is 16.5. The van der Waals surface area contributed by atoms with Crippen molar-refractivity contribution in [2.75, 3.05) is 7.11 Å². The maximum absolute atomic E-state index is 12.7. The predicted octanol–water partition coefficient (Wildman–Crippen LogP) is 4.57. The number of carbonyl (C=O) groups is 2. The fourth-order valence-corrected chi connectivity index (χ4v) is 6.68. The summed E-state index contributed by atoms with van der Waals surface area (Å²) in [6.07, 6.45) is 10.9. The molecule has 2 aromatic rings. The van der Waals surface area contributed by atoms with Crippen LogP contribution in [0.1, 0.15) is 37.7 Å². The Kier molecular flexibility index (Phi) is 4.78. The summed E-state index contributed by atoms with van der Waals surface area (Å²) in [6, 6.07) is 8.41. The number of ether oxygens (including phenoxy) is 2. The molecule has 1 N–H and O–H groups in total. The number of aliphatic carboxylic acids is 1. The van der Waals surface area contributed by atoms with Crippen LogP contribution in [0.5, 0.6) is 0 Å². The van der Waals surface area contributed by atoms with Crippen LogP contribution in [0.2, 0.25) is 0 Å². The number of allylic oxidation sites excluding steroid dienone is 4. The average Bonchev–Trinajstić information content (AvgIpc) is 3.15. The van der Waals surface area contributed by atoms with Gasteiger partial charge >= 0.3 is 5.97 Å². The molecule has 174 valence electrons. The molecule has 6 atom stereocenters. The number of aromatic nitrogens is 1. The molecule has 1 aromatic carbocycles. The standard InChI is InChI=1S/C28H27NO5/c1-28-8-6-15-10-20-22(30)11-17(27(31)32)12-23(20)34-26(15)21(28)13-24(33-2)25(28)19-5-3-4-16-14-29-9-7-18(16)19/h3-10,14,17,21,24-26H,11-13H2,1-2H3,(H,31,32)/t17?,21-,24+,25-,26+,28-/m0/s1. The van der Waals surface area contributed by atoms with E-state index in [9.17, 15) is 14.7 Å². The number of hydrogen-bond donors (Lipinski definition) is 1. The lowest BCUT2D eigenvalue weighted by molar-refractivity contribution is -0.144. The second-order valence-corrected chi connectivity index (χ2v) is 10.1. The normalized spacial score (nSPS) is 34.2. The first-order chi connectivity index (χ1) is 16.4. The van der Waals surface area contributed by atoms with E-state index >= 15 is 0 Å². The molecule has 0 amide bonds. The highest BCUT2D eigenvalue weighted by molar-refractivity contribution is 6.02. The van der Waals surface area contributed by atoms with E-state index in [1.54, 1.807) is 7.11 Å². The van der Waals surface area contributed by atoms with Gasteiger partial charge in [0.25, 0.3) is 0 Å². The molecule has 1 fully saturated rings. The number of methoxy groups -OCH3 is 1. The van der Waals surface area contributed by atoms with Gasteiger partial charge in [0.2, 0.25) is 0 Å². The van der Waals surface area contributed by atoms with E-state index < -0.39 is 11.9 Å². The Bertz CT molecular complexity index is 1300. The van der Waals surface area contributed by atoms with E-state index in [1.165, 1.54) is 10.9 Å². The minimum atomic E-state index is -0.947. The number of Topliss-reactive ketones (excluding diaryl/α,β-unsaturated/α-hetero) is 1. The zero-order valence-corrected chi connectivity index (χ0v) is 19.2. The Morgan fingerprint density at radius 3 is 2.91 bits per heavy atom. The third-order valence-electron chi connectivity index (χ3n) is 8.40. The number of hydrogen-bond acceptors (Lipinski definition) is 5. The van der Waals surface area contributed by atoms with Gasteiger partial charge in [-0.3, -0.25) is 14.6 Å². The number of nitrogens with zero attached hydrogens (tertiary/aromatic N) is 1. The summed E-state index contributed by atoms with van der Waals surface area (Å²) < 4.78 is 12.6. The molecule has 1 aromatic heterocycles. The topological polar surface area (TPSA) is 85.7 Å². The van der Waals surface area contributed by atoms with Crippen molar-refractivity contribution in [3.05, 3.63) is 77.4 Å². The van der Waals surface area contributed by atoms with Crippen molar-refractivity contribution in [3.8, 4) is 0 Å². The molecule has 34 heavy (non-hydrogen) atoms. The Morgan fingerprint density at radius 2 is 2.12 bits per heavy atom. The lowest BCUT2D eigenvalue weighted by atomic mass is 9.64. The van der Waals surface area contributed by atoms with Crippen LogP contribution >= 0.6 is 0 Å². The molecule has 2 heterocycles. The summed E-state index contributed by atoms with van der Waals surface area (Å²) in [5.74, 6) is -1.04. The molecule has 3 aliphatic carbocycles. The molecule has 0 radical (unpaired) electrons. The van der Waals surface area contributed by atoms with Gasteiger partial charge < -0.3 is 14.6 Å². The first-order valence-electron chi connectivity index (χ1n) is 11.8. The summed E-state index contributed by atoms with van der Waals surface area (Å²) in [5.41, 5.74) is 2.53. The van der Waals surface area contributed by atoms with Crippen molar-refractivity contribution in [1.29, 1.82) is 0 Å². The molecule has 1 unspecified atom stereocenters. The number of carboxylic acids is 1. The lowest BCUT2D eigenvalue weighted by Crippen LogP contribution is -2.41. The molecule has 6 rings (SSSR count). The molecule has 0 bridgehead atoms. The van der Waals surface area contributed by atoms with Crippen LogP contribution in [-0.2, 0) is 19.1 Å². The number of rotatable bonds is 3. The van der Waals surface area contributed by atoms with Crippen molar-refractivity contribution in [1.82, 2.24) is 4.98 Å². The molecule has 1 saturated carbocycles. The van der Waals surface area contributed by atoms with Crippen LogP contribution in [0, 0.1) is 17.3 Å². The van der Waals surface area contributed by atoms with Crippen molar-refractivity contribution >= 4 is 22.5 Å². The molecule has 6 heteroatoms. The van der Waals surface area contributed by atoms with Crippen LogP contribution in [0.15, 0.2) is 71.8 Å². The molecule has 6 nitrogen and oxygen atoms in total. The quantitative estimate of drug-likeness (QED) is 0.727. The molecule has 1 aliphatic heterocycles. The van der Waals surface area contributed by atoms with Gasteiger partial charge in [-0.05, 0) is 35.1 Å². The van der Waals surface area contributed by atoms with Gasteiger partial charge in [-0.1, -0.05) is 37.3 Å². The first-order valence-corrected chi connectivity index (χ1v) is 11.8. The number of pyridine rings is 1. The second-order valence-electron chi connectivity index (χ2n) is 10.1. The fourth-order valence-electron chi connectivity index (χ4n) is 6.68. The van der Waals surface area contributed by atoms with Crippen molar-refractivity contribution in [2.24, 2.45) is 17.3 Å². The average molecular weight is 458 g/mol. The van der Waals surface area contributed by atoms with Crippen LogP contribution < -0.4 is 0 Å². The predicted molar refractivity (Wildman–Crippen MR) is 126 cm³/mol. The van der Waals surface area contributed by atoms with Gasteiger partial charge in [-0.15, -0.1) is 0 Å². The number of fused-ring (bicyclic) bond motifs is 4. The van der Waals surface area contributed by atoms with Gasteiger partial charge in [0.05, 0.1) is 17.6 Å². The maximum atomic E-state index is 12.7. The van der Waals surface area contributed by atoms with Gasteiger partial charge in [-0.25, -0.2) is 0 Å². The maximum Gasteiger partial charge on any atom is 0.307 e. The highest BCUT2D eigenvalue weighted by Gasteiger charge is 2.57. The van der Waals surface area contributed by atoms with Gasteiger partial charge in [0.1, 0.15) is 11.9 Å². The minimum Gasteiger partial charge on any atom is -0.489 e. The van der Waals surface area contributed by atoms with Crippen LogP contribution in [0.4, 0.5) is 0 Å². The molecular weight excluding hydrogens is 430 g/mol. The van der Waals surface area contributed by atoms with E-state index in [1.807, 2.05) is 18.5 Å². The van der Waals surface area contributed by atoms with Crippen LogP contribution in [-0.4, -0.2) is 41.2 Å². The summed E-state index contributed by atoms with van der Waals surface area (Å²) in [7, 11) is 1.77. The second kappa shape index (κ2) is 7.64. The van der Waals surface area contributed by atoms with Crippen LogP contribution in [0.3, 0.4) is 0 Å². The Hall–Kier alpha value is -3.25. The Balaban J connectivity index is 1.42. The fraction of sp³-hybridized carbons (Fsp3) is 0.393. The number of carbonyl (C=O) groups excluding carboxylic acids is 1. The van der Waals surface area contributed by atoms with E-state index in [0.29, 0.717) is 11.3 Å². The van der Waals surface area contributed by atoms with E-state index in [-0.39, 0.29) is 48.1 Å². The highest BCUT2D eigenvalue weighted by Crippen LogP contribution is 2.61. The summed E-state index contributed by atoms with van der Waals surface area (Å²) in [5, 5.41) is 11.8. The number of benzene rings is 1. The van der Waals surface area contributed by atoms with Gasteiger partial charge in [0.15, 0.2) is 5.78 Å². The molecule has 0 spiro atoms.